The van der Waals surface area contributed by atoms with Gasteiger partial charge in [0.15, 0.2) is 5.65 Å². The first-order chi connectivity index (χ1) is 12.1. The monoisotopic (exact) mass is 336 g/mol. The summed E-state index contributed by atoms with van der Waals surface area (Å²) in [6.07, 6.45) is 4.67. The first-order valence-electron chi connectivity index (χ1n) is 8.42. The normalized spacial score (nSPS) is 15.8. The van der Waals surface area contributed by atoms with Crippen LogP contribution in [-0.4, -0.2) is 26.8 Å². The molecule has 128 valence electrons. The van der Waals surface area contributed by atoms with E-state index in [1.165, 1.54) is 5.56 Å². The average molecular weight is 336 g/mol. The Kier molecular flexibility index (Phi) is 3.87. The Morgan fingerprint density at radius 3 is 3.12 bits per heavy atom. The number of pyridine rings is 1. The molecule has 0 saturated heterocycles. The number of amides is 1. The van der Waals surface area contributed by atoms with Gasteiger partial charge in [-0.25, -0.2) is 9.67 Å². The third kappa shape index (κ3) is 3.20. The van der Waals surface area contributed by atoms with E-state index >= 15 is 0 Å². The van der Waals surface area contributed by atoms with Crippen molar-refractivity contribution in [3.8, 4) is 5.75 Å². The molecule has 3 heterocycles. The summed E-state index contributed by atoms with van der Waals surface area (Å²) >= 11 is 0. The molecule has 0 aliphatic carbocycles. The maximum atomic E-state index is 12.3. The van der Waals surface area contributed by atoms with E-state index in [0.717, 1.165) is 34.3 Å². The Hall–Kier alpha value is -2.89. The number of nitrogens with zero attached hydrogens (tertiary/aromatic N) is 3. The lowest BCUT2D eigenvalue weighted by molar-refractivity contribution is -0.121. The molecule has 1 aromatic carbocycles. The molecular weight excluding hydrogens is 316 g/mol. The number of fused-ring (bicyclic) bond motifs is 2. The van der Waals surface area contributed by atoms with Crippen molar-refractivity contribution in [2.75, 3.05) is 0 Å². The summed E-state index contributed by atoms with van der Waals surface area (Å²) in [6, 6.07) is 8.09. The van der Waals surface area contributed by atoms with Gasteiger partial charge < -0.3 is 10.1 Å². The van der Waals surface area contributed by atoms with E-state index in [0.29, 0.717) is 6.54 Å². The molecule has 0 fully saturated rings. The van der Waals surface area contributed by atoms with Crippen molar-refractivity contribution in [3.63, 3.8) is 0 Å². The maximum absolute atomic E-state index is 12.3. The Balaban J connectivity index is 1.40. The van der Waals surface area contributed by atoms with E-state index < -0.39 is 0 Å². The molecule has 3 aromatic rings. The van der Waals surface area contributed by atoms with Crippen LogP contribution >= 0.6 is 0 Å². The minimum absolute atomic E-state index is 0.0857. The molecule has 6 nitrogen and oxygen atoms in total. The van der Waals surface area contributed by atoms with Gasteiger partial charge in [-0.3, -0.25) is 4.79 Å². The molecule has 6 heteroatoms. The fraction of sp³-hybridized carbons (Fsp3) is 0.316. The van der Waals surface area contributed by atoms with Crippen molar-refractivity contribution in [3.05, 3.63) is 53.3 Å². The van der Waals surface area contributed by atoms with Crippen LogP contribution in [0.2, 0.25) is 0 Å². The van der Waals surface area contributed by atoms with Gasteiger partial charge >= 0.3 is 0 Å². The van der Waals surface area contributed by atoms with E-state index in [9.17, 15) is 4.79 Å². The van der Waals surface area contributed by atoms with Gasteiger partial charge in [-0.1, -0.05) is 12.1 Å². The minimum atomic E-state index is -0.0857. The van der Waals surface area contributed by atoms with Crippen molar-refractivity contribution in [1.82, 2.24) is 20.1 Å². The quantitative estimate of drug-likeness (QED) is 0.794. The van der Waals surface area contributed by atoms with Crippen molar-refractivity contribution in [1.29, 1.82) is 0 Å². The summed E-state index contributed by atoms with van der Waals surface area (Å²) in [4.78, 5) is 16.6. The summed E-state index contributed by atoms with van der Waals surface area (Å²) < 4.78 is 7.33. The van der Waals surface area contributed by atoms with Crippen molar-refractivity contribution in [2.45, 2.75) is 39.5 Å². The lowest BCUT2D eigenvalue weighted by Crippen LogP contribution is -2.27. The number of ether oxygens (including phenoxy) is 1. The van der Waals surface area contributed by atoms with E-state index in [2.05, 4.69) is 28.4 Å². The van der Waals surface area contributed by atoms with Crippen LogP contribution in [0.25, 0.3) is 11.0 Å². The summed E-state index contributed by atoms with van der Waals surface area (Å²) in [6.45, 7) is 4.70. The van der Waals surface area contributed by atoms with Gasteiger partial charge in [0.25, 0.3) is 0 Å². The number of nitrogens with one attached hydrogen (secondary N) is 1. The standard InChI is InChI=1S/C19H20N4O2/c1-12-5-16-10-22-23(19(16)21-8-12)11-18(24)20-9-14-3-4-17-15(7-14)6-13(2)25-17/h3-5,7-8,10,13H,6,9,11H2,1-2H3,(H,20,24). The van der Waals surface area contributed by atoms with Gasteiger partial charge in [-0.05, 0) is 42.7 Å². The topological polar surface area (TPSA) is 69.0 Å². The number of aromatic nitrogens is 3. The molecule has 4 rings (SSSR count). The van der Waals surface area contributed by atoms with Gasteiger partial charge in [-0.15, -0.1) is 0 Å². The summed E-state index contributed by atoms with van der Waals surface area (Å²) in [5.41, 5.74) is 4.08. The van der Waals surface area contributed by atoms with Gasteiger partial charge in [0.2, 0.25) is 5.91 Å². The molecule has 1 unspecified atom stereocenters. The second-order valence-corrected chi connectivity index (χ2v) is 6.58. The van der Waals surface area contributed by atoms with Crippen LogP contribution in [0, 0.1) is 6.92 Å². The van der Waals surface area contributed by atoms with Crippen LogP contribution in [0.3, 0.4) is 0 Å². The molecule has 0 spiro atoms. The smallest absolute Gasteiger partial charge is 0.242 e. The predicted octanol–water partition coefficient (Wildman–Crippen LogP) is 2.38. The van der Waals surface area contributed by atoms with Crippen LogP contribution in [0.15, 0.2) is 36.7 Å². The van der Waals surface area contributed by atoms with Crippen LogP contribution in [-0.2, 0) is 24.3 Å². The summed E-state index contributed by atoms with van der Waals surface area (Å²) in [7, 11) is 0. The van der Waals surface area contributed by atoms with E-state index in [1.54, 1.807) is 17.1 Å². The third-order valence-electron chi connectivity index (χ3n) is 4.36. The fourth-order valence-electron chi connectivity index (χ4n) is 3.18. The molecule has 1 N–H and O–H groups in total. The third-order valence-corrected chi connectivity index (χ3v) is 4.36. The number of hydrogen-bond donors (Lipinski definition) is 1. The Bertz CT molecular complexity index is 948. The van der Waals surface area contributed by atoms with Crippen LogP contribution in [0.1, 0.15) is 23.6 Å². The van der Waals surface area contributed by atoms with Gasteiger partial charge in [0.1, 0.15) is 18.4 Å². The molecule has 1 atom stereocenters. The highest BCUT2D eigenvalue weighted by atomic mass is 16.5. The average Bonchev–Trinajstić information content (AvgIpc) is 3.14. The second-order valence-electron chi connectivity index (χ2n) is 6.58. The molecule has 1 aliphatic heterocycles. The minimum Gasteiger partial charge on any atom is -0.490 e. The van der Waals surface area contributed by atoms with Gasteiger partial charge in [0.05, 0.1) is 6.20 Å². The Morgan fingerprint density at radius 1 is 1.36 bits per heavy atom. The first kappa shape index (κ1) is 15.6. The SMILES string of the molecule is Cc1cnc2c(cnn2CC(=O)NCc2ccc3c(c2)CC(C)O3)c1. The van der Waals surface area contributed by atoms with Gasteiger partial charge in [0, 0.05) is 24.5 Å². The molecule has 2 aromatic heterocycles. The molecule has 1 amide bonds. The number of benzene rings is 1. The zero-order valence-electron chi connectivity index (χ0n) is 14.3. The van der Waals surface area contributed by atoms with Crippen molar-refractivity contribution < 1.29 is 9.53 Å². The van der Waals surface area contributed by atoms with Gasteiger partial charge in [-0.2, -0.15) is 5.10 Å². The number of carbonyl (C=O) groups is 1. The largest absolute Gasteiger partial charge is 0.490 e. The maximum Gasteiger partial charge on any atom is 0.242 e. The fourth-order valence-corrected chi connectivity index (χ4v) is 3.18. The lowest BCUT2D eigenvalue weighted by Gasteiger charge is -2.07. The number of hydrogen-bond acceptors (Lipinski definition) is 4. The zero-order valence-corrected chi connectivity index (χ0v) is 14.3. The Morgan fingerprint density at radius 2 is 2.24 bits per heavy atom. The summed E-state index contributed by atoms with van der Waals surface area (Å²) in [5.74, 6) is 0.865. The number of aryl methyl sites for hydroxylation is 1. The molecule has 0 saturated carbocycles. The highest BCUT2D eigenvalue weighted by Gasteiger charge is 2.19. The molecular formula is C19H20N4O2. The Labute approximate surface area is 145 Å². The summed E-state index contributed by atoms with van der Waals surface area (Å²) in [5, 5.41) is 8.16. The van der Waals surface area contributed by atoms with Crippen molar-refractivity contribution in [2.24, 2.45) is 0 Å². The predicted molar refractivity (Wildman–Crippen MR) is 94.3 cm³/mol. The number of carbonyl (C=O) groups excluding carboxylic acids is 1. The second kappa shape index (κ2) is 6.20. The highest BCUT2D eigenvalue weighted by molar-refractivity contribution is 5.80. The van der Waals surface area contributed by atoms with Crippen LogP contribution < -0.4 is 10.1 Å². The van der Waals surface area contributed by atoms with Crippen LogP contribution in [0.4, 0.5) is 0 Å². The van der Waals surface area contributed by atoms with E-state index in [1.807, 2.05) is 25.1 Å². The highest BCUT2D eigenvalue weighted by Crippen LogP contribution is 2.29. The lowest BCUT2D eigenvalue weighted by atomic mass is 10.1. The molecule has 1 aliphatic rings. The van der Waals surface area contributed by atoms with E-state index in [-0.39, 0.29) is 18.6 Å². The molecule has 0 bridgehead atoms. The van der Waals surface area contributed by atoms with E-state index in [4.69, 9.17) is 4.74 Å². The van der Waals surface area contributed by atoms with Crippen LogP contribution in [0.5, 0.6) is 5.75 Å². The molecule has 25 heavy (non-hydrogen) atoms. The zero-order chi connectivity index (χ0) is 17.4. The molecule has 0 radical (unpaired) electrons. The van der Waals surface area contributed by atoms with Crippen molar-refractivity contribution >= 4 is 16.9 Å². The number of rotatable bonds is 4. The first-order valence-corrected chi connectivity index (χ1v) is 8.42.